The molecule has 152 valence electrons. The number of pyridine rings is 1. The van der Waals surface area contributed by atoms with Crippen molar-refractivity contribution in [1.82, 2.24) is 19.7 Å². The Labute approximate surface area is 174 Å². The van der Waals surface area contributed by atoms with Gasteiger partial charge in [-0.2, -0.15) is 5.10 Å². The fourth-order valence-corrected chi connectivity index (χ4v) is 3.72. The van der Waals surface area contributed by atoms with E-state index >= 15 is 0 Å². The summed E-state index contributed by atoms with van der Waals surface area (Å²) in [4.78, 5) is 25.1. The second-order valence-corrected chi connectivity index (χ2v) is 7.56. The first-order chi connectivity index (χ1) is 14.4. The molecule has 0 aliphatic carbocycles. The summed E-state index contributed by atoms with van der Waals surface area (Å²) in [5, 5.41) is 8.22. The number of aryl methyl sites for hydroxylation is 3. The van der Waals surface area contributed by atoms with E-state index in [4.69, 9.17) is 0 Å². The van der Waals surface area contributed by atoms with E-state index < -0.39 is 0 Å². The highest BCUT2D eigenvalue weighted by molar-refractivity contribution is 6.06. The molecule has 0 atom stereocenters. The molecule has 6 heteroatoms. The minimum atomic E-state index is -0.257. The third kappa shape index (κ3) is 3.89. The van der Waals surface area contributed by atoms with Gasteiger partial charge in [0.05, 0.1) is 23.3 Å². The van der Waals surface area contributed by atoms with E-state index in [1.54, 1.807) is 11.6 Å². The molecule has 0 aliphatic heterocycles. The molecule has 0 unspecified atom stereocenters. The number of aromatic nitrogens is 3. The van der Waals surface area contributed by atoms with Gasteiger partial charge in [-0.3, -0.25) is 14.3 Å². The first kappa shape index (κ1) is 19.6. The van der Waals surface area contributed by atoms with Crippen LogP contribution in [0.2, 0.25) is 0 Å². The first-order valence-electron chi connectivity index (χ1n) is 9.88. The normalized spacial score (nSPS) is 11.0. The molecule has 4 aromatic rings. The van der Waals surface area contributed by atoms with Crippen LogP contribution in [0.4, 0.5) is 0 Å². The Kier molecular flexibility index (Phi) is 5.23. The molecule has 0 saturated carbocycles. The highest BCUT2D eigenvalue weighted by Crippen LogP contribution is 2.16. The van der Waals surface area contributed by atoms with E-state index in [9.17, 15) is 9.59 Å². The van der Waals surface area contributed by atoms with Gasteiger partial charge in [0, 0.05) is 30.7 Å². The van der Waals surface area contributed by atoms with Crippen LogP contribution in [0.25, 0.3) is 10.9 Å². The van der Waals surface area contributed by atoms with E-state index in [1.807, 2.05) is 54.9 Å². The van der Waals surface area contributed by atoms with Gasteiger partial charge >= 0.3 is 0 Å². The Morgan fingerprint density at radius 1 is 1.00 bits per heavy atom. The second-order valence-electron chi connectivity index (χ2n) is 7.56. The summed E-state index contributed by atoms with van der Waals surface area (Å²) in [6.45, 7) is 5.09. The molecule has 0 fully saturated rings. The third-order valence-electron chi connectivity index (χ3n) is 5.28. The smallest absolute Gasteiger partial charge is 0.252 e. The fraction of sp³-hybridized carbons (Fsp3) is 0.208. The Hall–Kier alpha value is -3.67. The lowest BCUT2D eigenvalue weighted by molar-refractivity contribution is 0.0952. The molecule has 2 heterocycles. The molecular formula is C24H24N4O2. The molecule has 2 aromatic carbocycles. The van der Waals surface area contributed by atoms with E-state index in [-0.39, 0.29) is 11.5 Å². The topological polar surface area (TPSA) is 68.9 Å². The molecule has 0 bridgehead atoms. The van der Waals surface area contributed by atoms with Crippen LogP contribution in [-0.2, 0) is 20.1 Å². The molecule has 0 spiro atoms. The molecule has 6 nitrogen and oxygen atoms in total. The average molecular weight is 400 g/mol. The maximum Gasteiger partial charge on any atom is 0.252 e. The van der Waals surface area contributed by atoms with E-state index in [0.717, 1.165) is 33.4 Å². The van der Waals surface area contributed by atoms with Crippen molar-refractivity contribution in [3.05, 3.63) is 99.1 Å². The van der Waals surface area contributed by atoms with Gasteiger partial charge in [0.25, 0.3) is 11.5 Å². The van der Waals surface area contributed by atoms with Crippen molar-refractivity contribution in [2.75, 3.05) is 0 Å². The SMILES string of the molecule is Cc1cc(C)n(Cc2cccc(CNC(=O)c3cc(=O)n(C)c4ccccc34)c2)n1. The first-order valence-corrected chi connectivity index (χ1v) is 9.88. The summed E-state index contributed by atoms with van der Waals surface area (Å²) >= 11 is 0. The summed E-state index contributed by atoms with van der Waals surface area (Å²) in [6.07, 6.45) is 0. The van der Waals surface area contributed by atoms with E-state index in [1.165, 1.54) is 6.07 Å². The summed E-state index contributed by atoms with van der Waals surface area (Å²) in [5.41, 5.74) is 5.16. The van der Waals surface area contributed by atoms with Crippen LogP contribution in [-0.4, -0.2) is 20.3 Å². The molecule has 0 saturated heterocycles. The van der Waals surface area contributed by atoms with Gasteiger partial charge in [-0.15, -0.1) is 0 Å². The van der Waals surface area contributed by atoms with Crippen LogP contribution in [0.5, 0.6) is 0 Å². The predicted molar refractivity (Wildman–Crippen MR) is 118 cm³/mol. The van der Waals surface area contributed by atoms with Crippen LogP contribution in [0.1, 0.15) is 32.9 Å². The van der Waals surface area contributed by atoms with Crippen LogP contribution in [0.15, 0.2) is 65.5 Å². The lowest BCUT2D eigenvalue weighted by Gasteiger charge is -2.11. The van der Waals surface area contributed by atoms with Gasteiger partial charge < -0.3 is 9.88 Å². The number of carbonyl (C=O) groups is 1. The largest absolute Gasteiger partial charge is 0.348 e. The van der Waals surface area contributed by atoms with Gasteiger partial charge in [0.1, 0.15) is 0 Å². The molecule has 30 heavy (non-hydrogen) atoms. The van der Waals surface area contributed by atoms with Crippen molar-refractivity contribution in [2.45, 2.75) is 26.9 Å². The highest BCUT2D eigenvalue weighted by Gasteiger charge is 2.13. The molecule has 1 N–H and O–H groups in total. The number of fused-ring (bicyclic) bond motifs is 1. The summed E-state index contributed by atoms with van der Waals surface area (Å²) in [7, 11) is 1.71. The van der Waals surface area contributed by atoms with Crippen LogP contribution in [0.3, 0.4) is 0 Å². The maximum atomic E-state index is 12.8. The van der Waals surface area contributed by atoms with Gasteiger partial charge in [0.15, 0.2) is 0 Å². The Bertz CT molecular complexity index is 1300. The van der Waals surface area contributed by atoms with Crippen molar-refractivity contribution in [2.24, 2.45) is 7.05 Å². The van der Waals surface area contributed by atoms with Crippen molar-refractivity contribution in [3.63, 3.8) is 0 Å². The quantitative estimate of drug-likeness (QED) is 0.559. The van der Waals surface area contributed by atoms with Crippen LogP contribution < -0.4 is 10.9 Å². The number of amides is 1. The van der Waals surface area contributed by atoms with Gasteiger partial charge in [-0.05, 0) is 37.1 Å². The highest BCUT2D eigenvalue weighted by atomic mass is 16.2. The number of para-hydroxylation sites is 1. The van der Waals surface area contributed by atoms with Crippen molar-refractivity contribution < 1.29 is 4.79 Å². The number of benzene rings is 2. The predicted octanol–water partition coefficient (Wildman–Crippen LogP) is 3.33. The lowest BCUT2D eigenvalue weighted by Crippen LogP contribution is -2.26. The average Bonchev–Trinajstić information content (AvgIpc) is 3.05. The van der Waals surface area contributed by atoms with Gasteiger partial charge in [-0.1, -0.05) is 42.5 Å². The monoisotopic (exact) mass is 400 g/mol. The number of carbonyl (C=O) groups excluding carboxylic acids is 1. The number of nitrogens with one attached hydrogen (secondary N) is 1. The number of hydrogen-bond acceptors (Lipinski definition) is 3. The Morgan fingerprint density at radius 2 is 1.77 bits per heavy atom. The zero-order valence-corrected chi connectivity index (χ0v) is 17.3. The second kappa shape index (κ2) is 7.99. The fourth-order valence-electron chi connectivity index (χ4n) is 3.72. The zero-order valence-electron chi connectivity index (χ0n) is 17.3. The molecule has 4 rings (SSSR count). The van der Waals surface area contributed by atoms with Crippen molar-refractivity contribution in [3.8, 4) is 0 Å². The maximum absolute atomic E-state index is 12.8. The molecule has 2 aromatic heterocycles. The zero-order chi connectivity index (χ0) is 21.3. The molecule has 1 amide bonds. The number of nitrogens with zero attached hydrogens (tertiary/aromatic N) is 3. The van der Waals surface area contributed by atoms with Crippen LogP contribution in [0, 0.1) is 13.8 Å². The van der Waals surface area contributed by atoms with Crippen LogP contribution >= 0.6 is 0 Å². The summed E-state index contributed by atoms with van der Waals surface area (Å²) in [6, 6.07) is 19.0. The Balaban J connectivity index is 1.52. The summed E-state index contributed by atoms with van der Waals surface area (Å²) in [5.74, 6) is -0.257. The van der Waals surface area contributed by atoms with Gasteiger partial charge in [-0.25, -0.2) is 0 Å². The third-order valence-corrected chi connectivity index (χ3v) is 5.28. The number of rotatable bonds is 5. The lowest BCUT2D eigenvalue weighted by atomic mass is 10.1. The standard InChI is InChI=1S/C24H24N4O2/c1-16-11-17(2)28(26-16)15-19-8-6-7-18(12-19)14-25-24(30)21-13-23(29)27(3)22-10-5-4-9-20(21)22/h4-13H,14-15H2,1-3H3,(H,25,30). The minimum Gasteiger partial charge on any atom is -0.348 e. The minimum absolute atomic E-state index is 0.203. The number of hydrogen-bond donors (Lipinski definition) is 1. The Morgan fingerprint density at radius 3 is 2.53 bits per heavy atom. The molecule has 0 radical (unpaired) electrons. The molecular weight excluding hydrogens is 376 g/mol. The van der Waals surface area contributed by atoms with Gasteiger partial charge in [0.2, 0.25) is 0 Å². The van der Waals surface area contributed by atoms with E-state index in [2.05, 4.69) is 28.6 Å². The van der Waals surface area contributed by atoms with Crippen molar-refractivity contribution >= 4 is 16.8 Å². The molecule has 0 aliphatic rings. The summed E-state index contributed by atoms with van der Waals surface area (Å²) < 4.78 is 3.52. The van der Waals surface area contributed by atoms with E-state index in [0.29, 0.717) is 18.7 Å². The van der Waals surface area contributed by atoms with Crippen molar-refractivity contribution in [1.29, 1.82) is 0 Å².